The fourth-order valence-electron chi connectivity index (χ4n) is 4.70. The van der Waals surface area contributed by atoms with E-state index in [1.165, 1.54) is 11.1 Å². The van der Waals surface area contributed by atoms with Gasteiger partial charge >= 0.3 is 0 Å². The largest absolute Gasteiger partial charge is 0.341 e. The molecule has 0 spiro atoms. The van der Waals surface area contributed by atoms with Crippen molar-refractivity contribution in [2.75, 3.05) is 24.5 Å². The minimum atomic E-state index is -0.272. The summed E-state index contributed by atoms with van der Waals surface area (Å²) in [5.74, 6) is 0.209. The molecule has 2 amide bonds. The van der Waals surface area contributed by atoms with E-state index in [-0.39, 0.29) is 30.4 Å². The minimum absolute atomic E-state index is 0.0369. The monoisotopic (exact) mass is 405 g/mol. The van der Waals surface area contributed by atoms with Crippen molar-refractivity contribution in [3.05, 3.63) is 65.7 Å². The summed E-state index contributed by atoms with van der Waals surface area (Å²) in [5.41, 5.74) is 3.34. The highest BCUT2D eigenvalue weighted by Crippen LogP contribution is 2.26. The van der Waals surface area contributed by atoms with Crippen molar-refractivity contribution in [3.8, 4) is 0 Å². The maximum absolute atomic E-state index is 13.4. The normalized spacial score (nSPS) is 19.0. The second-order valence-corrected chi connectivity index (χ2v) is 8.62. The van der Waals surface area contributed by atoms with Crippen LogP contribution in [0.4, 0.5) is 5.69 Å². The first kappa shape index (κ1) is 20.6. The van der Waals surface area contributed by atoms with Crippen LogP contribution in [-0.4, -0.2) is 53.3 Å². The molecule has 0 N–H and O–H groups in total. The molecule has 0 unspecified atom stereocenters. The van der Waals surface area contributed by atoms with E-state index < -0.39 is 0 Å². The maximum atomic E-state index is 13.4. The molecular formula is C25H31N3O2. The van der Waals surface area contributed by atoms with E-state index >= 15 is 0 Å². The third kappa shape index (κ3) is 4.26. The Morgan fingerprint density at radius 3 is 2.27 bits per heavy atom. The van der Waals surface area contributed by atoms with Gasteiger partial charge in [0.25, 0.3) is 0 Å². The summed E-state index contributed by atoms with van der Waals surface area (Å²) in [5, 5.41) is 0. The molecule has 5 nitrogen and oxygen atoms in total. The third-order valence-corrected chi connectivity index (χ3v) is 6.21. The summed E-state index contributed by atoms with van der Waals surface area (Å²) in [4.78, 5) is 32.7. The first-order chi connectivity index (χ1) is 14.5. The van der Waals surface area contributed by atoms with E-state index in [9.17, 15) is 9.59 Å². The summed E-state index contributed by atoms with van der Waals surface area (Å²) in [6, 6.07) is 17.9. The molecule has 30 heavy (non-hydrogen) atoms. The first-order valence-corrected chi connectivity index (χ1v) is 11.0. The first-order valence-electron chi connectivity index (χ1n) is 11.0. The number of carbonyl (C=O) groups excluding carboxylic acids is 2. The lowest BCUT2D eigenvalue weighted by Crippen LogP contribution is -2.54. The quantitative estimate of drug-likeness (QED) is 0.765. The number of rotatable bonds is 5. The average molecular weight is 406 g/mol. The van der Waals surface area contributed by atoms with E-state index in [4.69, 9.17) is 0 Å². The zero-order valence-electron chi connectivity index (χ0n) is 18.0. The second-order valence-electron chi connectivity index (χ2n) is 8.62. The van der Waals surface area contributed by atoms with Gasteiger partial charge in [-0.25, -0.2) is 0 Å². The molecule has 2 aromatic rings. The average Bonchev–Trinajstić information content (AvgIpc) is 3.28. The molecule has 0 aromatic heterocycles. The second kappa shape index (κ2) is 9.00. The maximum Gasteiger partial charge on any atom is 0.241 e. The van der Waals surface area contributed by atoms with Gasteiger partial charge in [0.05, 0.1) is 12.6 Å². The van der Waals surface area contributed by atoms with E-state index in [0.717, 1.165) is 31.6 Å². The van der Waals surface area contributed by atoms with Crippen molar-refractivity contribution in [2.45, 2.75) is 51.7 Å². The molecule has 4 rings (SSSR count). The molecule has 2 aliphatic rings. The van der Waals surface area contributed by atoms with Gasteiger partial charge in [0, 0.05) is 31.4 Å². The summed E-state index contributed by atoms with van der Waals surface area (Å²) in [6.07, 6.45) is 2.82. The van der Waals surface area contributed by atoms with Gasteiger partial charge < -0.3 is 9.80 Å². The van der Waals surface area contributed by atoms with Gasteiger partial charge in [-0.05, 0) is 56.4 Å². The molecule has 2 heterocycles. The van der Waals surface area contributed by atoms with Gasteiger partial charge in [-0.3, -0.25) is 14.5 Å². The van der Waals surface area contributed by atoms with Gasteiger partial charge in [0.2, 0.25) is 11.8 Å². The van der Waals surface area contributed by atoms with Gasteiger partial charge in [0.15, 0.2) is 0 Å². The Balaban J connectivity index is 1.59. The highest BCUT2D eigenvalue weighted by molar-refractivity contribution is 5.95. The Kier molecular flexibility index (Phi) is 6.18. The highest BCUT2D eigenvalue weighted by Gasteiger charge is 2.36. The fourth-order valence-corrected chi connectivity index (χ4v) is 4.70. The highest BCUT2D eigenvalue weighted by atomic mass is 16.2. The molecule has 0 aliphatic carbocycles. The number of nitrogens with zero attached hydrogens (tertiary/aromatic N) is 3. The summed E-state index contributed by atoms with van der Waals surface area (Å²) in [6.45, 7) is 6.60. The summed E-state index contributed by atoms with van der Waals surface area (Å²) >= 11 is 0. The Morgan fingerprint density at radius 2 is 1.60 bits per heavy atom. The molecule has 2 aliphatic heterocycles. The number of hydrogen-bond acceptors (Lipinski definition) is 3. The Hall–Kier alpha value is -2.66. The molecule has 1 atom stereocenters. The van der Waals surface area contributed by atoms with Crippen molar-refractivity contribution in [1.82, 2.24) is 9.80 Å². The van der Waals surface area contributed by atoms with E-state index in [1.807, 2.05) is 66.1 Å². The number of fused-ring (bicyclic) bond motifs is 1. The van der Waals surface area contributed by atoms with Gasteiger partial charge in [0.1, 0.15) is 0 Å². The molecular weight excluding hydrogens is 374 g/mol. The molecule has 0 radical (unpaired) electrons. The number of amides is 2. The molecule has 0 bridgehead atoms. The number of benzene rings is 2. The molecule has 0 saturated carbocycles. The van der Waals surface area contributed by atoms with Crippen LogP contribution >= 0.6 is 0 Å². The van der Waals surface area contributed by atoms with Crippen LogP contribution in [0.5, 0.6) is 0 Å². The van der Waals surface area contributed by atoms with Crippen molar-refractivity contribution in [3.63, 3.8) is 0 Å². The fraction of sp³-hybridized carbons (Fsp3) is 0.440. The summed E-state index contributed by atoms with van der Waals surface area (Å²) in [7, 11) is 0. The standard InChI is InChI=1S/C25H31N3O2/c1-19(2)28(22-12-4-3-5-13-22)24(29)18-27-17-21-11-7-6-10-20(21)16-23(27)25(30)26-14-8-9-15-26/h3-7,10-13,19,23H,8-9,14-18H2,1-2H3/t23-/m0/s1. The van der Waals surface area contributed by atoms with Crippen LogP contribution in [0, 0.1) is 0 Å². The lowest BCUT2D eigenvalue weighted by molar-refractivity contribution is -0.137. The molecule has 1 saturated heterocycles. The number of para-hydroxylation sites is 1. The van der Waals surface area contributed by atoms with Crippen LogP contribution in [0.15, 0.2) is 54.6 Å². The Labute approximate surface area is 179 Å². The predicted octanol–water partition coefficient (Wildman–Crippen LogP) is 3.48. The Morgan fingerprint density at radius 1 is 0.967 bits per heavy atom. The molecule has 2 aromatic carbocycles. The zero-order valence-corrected chi connectivity index (χ0v) is 18.0. The van der Waals surface area contributed by atoms with Crippen molar-refractivity contribution in [2.24, 2.45) is 0 Å². The topological polar surface area (TPSA) is 43.9 Å². The van der Waals surface area contributed by atoms with Gasteiger partial charge in [-0.15, -0.1) is 0 Å². The van der Waals surface area contributed by atoms with Crippen molar-refractivity contribution < 1.29 is 9.59 Å². The zero-order chi connectivity index (χ0) is 21.1. The van der Waals surface area contributed by atoms with Crippen LogP contribution in [0.3, 0.4) is 0 Å². The lowest BCUT2D eigenvalue weighted by atomic mass is 9.93. The number of anilines is 1. The lowest BCUT2D eigenvalue weighted by Gasteiger charge is -2.39. The van der Waals surface area contributed by atoms with Crippen LogP contribution in [0.1, 0.15) is 37.8 Å². The number of likely N-dealkylation sites (tertiary alicyclic amines) is 1. The van der Waals surface area contributed by atoms with Crippen LogP contribution in [0.2, 0.25) is 0 Å². The van der Waals surface area contributed by atoms with Gasteiger partial charge in [-0.2, -0.15) is 0 Å². The van der Waals surface area contributed by atoms with E-state index in [1.54, 1.807) is 0 Å². The SMILES string of the molecule is CC(C)N(C(=O)CN1Cc2ccccc2C[C@H]1C(=O)N1CCCC1)c1ccccc1. The van der Waals surface area contributed by atoms with Crippen LogP contribution < -0.4 is 4.90 Å². The molecule has 158 valence electrons. The van der Waals surface area contributed by atoms with Crippen LogP contribution in [0.25, 0.3) is 0 Å². The van der Waals surface area contributed by atoms with E-state index in [2.05, 4.69) is 17.0 Å². The Bertz CT molecular complexity index is 890. The number of hydrogen-bond donors (Lipinski definition) is 0. The predicted molar refractivity (Wildman–Crippen MR) is 119 cm³/mol. The number of carbonyl (C=O) groups is 2. The minimum Gasteiger partial charge on any atom is -0.341 e. The molecule has 1 fully saturated rings. The van der Waals surface area contributed by atoms with Crippen LogP contribution in [-0.2, 0) is 22.6 Å². The van der Waals surface area contributed by atoms with Crippen molar-refractivity contribution >= 4 is 17.5 Å². The summed E-state index contributed by atoms with van der Waals surface area (Å²) < 4.78 is 0. The van der Waals surface area contributed by atoms with Crippen molar-refractivity contribution in [1.29, 1.82) is 0 Å². The third-order valence-electron chi connectivity index (χ3n) is 6.21. The molecule has 5 heteroatoms. The smallest absolute Gasteiger partial charge is 0.241 e. The van der Waals surface area contributed by atoms with Gasteiger partial charge in [-0.1, -0.05) is 42.5 Å². The van der Waals surface area contributed by atoms with E-state index in [0.29, 0.717) is 13.0 Å².